The lowest BCUT2D eigenvalue weighted by atomic mass is 9.87. The molecular formula is C21H25ClN2O2. The monoisotopic (exact) mass is 372 g/mol. The first-order valence-corrected chi connectivity index (χ1v) is 9.06. The number of para-hydroxylation sites is 1. The number of fused-ring (bicyclic) bond motifs is 1. The Bertz CT molecular complexity index is 762. The predicted molar refractivity (Wildman–Crippen MR) is 106 cm³/mol. The molecular weight excluding hydrogens is 348 g/mol. The van der Waals surface area contributed by atoms with Gasteiger partial charge in [-0.05, 0) is 24.6 Å². The summed E-state index contributed by atoms with van der Waals surface area (Å²) in [5, 5.41) is 6.50. The van der Waals surface area contributed by atoms with E-state index in [1.54, 1.807) is 0 Å². The second-order valence-corrected chi connectivity index (χ2v) is 7.00. The Morgan fingerprint density at radius 2 is 1.92 bits per heavy atom. The maximum Gasteiger partial charge on any atom is 0.223 e. The molecule has 2 N–H and O–H groups in total. The quantitative estimate of drug-likeness (QED) is 0.862. The second-order valence-electron chi connectivity index (χ2n) is 7.00. The third kappa shape index (κ3) is 3.57. The molecule has 2 heterocycles. The topological polar surface area (TPSA) is 50.4 Å². The van der Waals surface area contributed by atoms with Crippen LogP contribution in [0, 0.1) is 11.8 Å². The van der Waals surface area contributed by atoms with Gasteiger partial charge in [-0.15, -0.1) is 12.4 Å². The van der Waals surface area contributed by atoms with Gasteiger partial charge in [0.05, 0.1) is 12.6 Å². The molecule has 5 heteroatoms. The predicted octanol–water partition coefficient (Wildman–Crippen LogP) is 3.57. The Labute approximate surface area is 160 Å². The van der Waals surface area contributed by atoms with E-state index in [0.29, 0.717) is 12.5 Å². The Morgan fingerprint density at radius 3 is 2.62 bits per heavy atom. The third-order valence-corrected chi connectivity index (χ3v) is 5.41. The maximum absolute atomic E-state index is 12.6. The van der Waals surface area contributed by atoms with Crippen LogP contribution in [0.4, 0.5) is 0 Å². The molecule has 4 rings (SSSR count). The number of hydrogen-bond donors (Lipinski definition) is 2. The Balaban J connectivity index is 0.00000196. The number of carbonyl (C=O) groups excluding carboxylic acids is 1. The van der Waals surface area contributed by atoms with Crippen molar-refractivity contribution in [1.82, 2.24) is 10.6 Å². The fourth-order valence-corrected chi connectivity index (χ4v) is 3.60. The highest BCUT2D eigenvalue weighted by atomic mass is 35.5. The van der Waals surface area contributed by atoms with Gasteiger partial charge in [0.1, 0.15) is 5.75 Å². The highest BCUT2D eigenvalue weighted by Crippen LogP contribution is 2.40. The van der Waals surface area contributed by atoms with Gasteiger partial charge < -0.3 is 15.4 Å². The van der Waals surface area contributed by atoms with Crippen LogP contribution < -0.4 is 15.4 Å². The number of halogens is 1. The number of benzene rings is 2. The summed E-state index contributed by atoms with van der Waals surface area (Å²) in [6, 6.07) is 16.5. The number of nitrogens with one attached hydrogen (secondary N) is 2. The van der Waals surface area contributed by atoms with E-state index >= 15 is 0 Å². The highest BCUT2D eigenvalue weighted by molar-refractivity contribution is 5.85. The standard InChI is InChI=1S/C21H24N2O2.ClH/c1-14(16-12-22-13-16)21(24)23-19-10-11-25-20-17(8-5-9-18(19)20)15-6-3-2-4-7-15;/h2-9,14,16,19,22H,10-13H2,1H3,(H,23,24);1H. The van der Waals surface area contributed by atoms with Crippen molar-refractivity contribution >= 4 is 18.3 Å². The van der Waals surface area contributed by atoms with Crippen LogP contribution in [0.15, 0.2) is 48.5 Å². The number of rotatable bonds is 4. The summed E-state index contributed by atoms with van der Waals surface area (Å²) < 4.78 is 6.00. The van der Waals surface area contributed by atoms with Gasteiger partial charge in [0.15, 0.2) is 0 Å². The molecule has 1 saturated heterocycles. The van der Waals surface area contributed by atoms with E-state index in [-0.39, 0.29) is 30.3 Å². The zero-order chi connectivity index (χ0) is 17.2. The van der Waals surface area contributed by atoms with Crippen LogP contribution >= 0.6 is 12.4 Å². The molecule has 1 fully saturated rings. The molecule has 26 heavy (non-hydrogen) atoms. The number of carbonyl (C=O) groups is 1. The molecule has 2 aromatic rings. The van der Waals surface area contributed by atoms with Gasteiger partial charge in [0.25, 0.3) is 0 Å². The summed E-state index contributed by atoms with van der Waals surface area (Å²) in [6.45, 7) is 4.54. The molecule has 0 radical (unpaired) electrons. The van der Waals surface area contributed by atoms with Crippen molar-refractivity contribution in [1.29, 1.82) is 0 Å². The minimum Gasteiger partial charge on any atom is -0.492 e. The Morgan fingerprint density at radius 1 is 1.15 bits per heavy atom. The summed E-state index contributed by atoms with van der Waals surface area (Å²) in [6.07, 6.45) is 0.812. The fourth-order valence-electron chi connectivity index (χ4n) is 3.60. The van der Waals surface area contributed by atoms with Crippen LogP contribution in [-0.2, 0) is 4.79 Å². The lowest BCUT2D eigenvalue weighted by Crippen LogP contribution is -2.50. The lowest BCUT2D eigenvalue weighted by Gasteiger charge is -2.34. The van der Waals surface area contributed by atoms with E-state index in [9.17, 15) is 4.79 Å². The molecule has 2 aliphatic heterocycles. The van der Waals surface area contributed by atoms with E-state index < -0.39 is 0 Å². The van der Waals surface area contributed by atoms with Crippen molar-refractivity contribution in [2.24, 2.45) is 11.8 Å². The second kappa shape index (κ2) is 8.11. The van der Waals surface area contributed by atoms with Crippen molar-refractivity contribution in [3.05, 3.63) is 54.1 Å². The molecule has 2 unspecified atom stereocenters. The van der Waals surface area contributed by atoms with Gasteiger partial charge in [-0.2, -0.15) is 0 Å². The van der Waals surface area contributed by atoms with Crippen molar-refractivity contribution in [3.8, 4) is 16.9 Å². The molecule has 138 valence electrons. The van der Waals surface area contributed by atoms with Crippen molar-refractivity contribution in [3.63, 3.8) is 0 Å². The normalized spacial score (nSPS) is 20.0. The average Bonchev–Trinajstić information content (AvgIpc) is 2.61. The molecule has 0 spiro atoms. The molecule has 0 saturated carbocycles. The van der Waals surface area contributed by atoms with Gasteiger partial charge >= 0.3 is 0 Å². The van der Waals surface area contributed by atoms with Crippen molar-refractivity contribution in [2.75, 3.05) is 19.7 Å². The summed E-state index contributed by atoms with van der Waals surface area (Å²) in [5.41, 5.74) is 3.31. The molecule has 2 aromatic carbocycles. The van der Waals surface area contributed by atoms with Crippen LogP contribution in [-0.4, -0.2) is 25.6 Å². The number of amides is 1. The van der Waals surface area contributed by atoms with E-state index in [2.05, 4.69) is 34.9 Å². The van der Waals surface area contributed by atoms with E-state index in [1.807, 2.05) is 31.2 Å². The first kappa shape index (κ1) is 18.7. The first-order valence-electron chi connectivity index (χ1n) is 9.06. The summed E-state index contributed by atoms with van der Waals surface area (Å²) in [7, 11) is 0. The zero-order valence-corrected chi connectivity index (χ0v) is 15.7. The summed E-state index contributed by atoms with van der Waals surface area (Å²) in [4.78, 5) is 12.6. The Kier molecular flexibility index (Phi) is 5.84. The van der Waals surface area contributed by atoms with Gasteiger partial charge in [-0.25, -0.2) is 0 Å². The molecule has 1 amide bonds. The molecule has 2 aliphatic rings. The van der Waals surface area contributed by atoms with Gasteiger partial charge in [-0.1, -0.05) is 55.5 Å². The fraction of sp³-hybridized carbons (Fsp3) is 0.381. The van der Waals surface area contributed by atoms with Crippen LogP contribution in [0.2, 0.25) is 0 Å². The van der Waals surface area contributed by atoms with Crippen LogP contribution in [0.5, 0.6) is 5.75 Å². The van der Waals surface area contributed by atoms with Gasteiger partial charge in [0, 0.05) is 23.5 Å². The van der Waals surface area contributed by atoms with Crippen molar-refractivity contribution < 1.29 is 9.53 Å². The minimum atomic E-state index is 0. The SMILES string of the molecule is CC(C(=O)NC1CCOc2c(-c3ccccc3)cccc21)C1CNC1.Cl. The van der Waals surface area contributed by atoms with Crippen LogP contribution in [0.3, 0.4) is 0 Å². The third-order valence-electron chi connectivity index (χ3n) is 5.41. The molecule has 2 atom stereocenters. The highest BCUT2D eigenvalue weighted by Gasteiger charge is 2.32. The lowest BCUT2D eigenvalue weighted by molar-refractivity contribution is -0.127. The van der Waals surface area contributed by atoms with Crippen LogP contribution in [0.1, 0.15) is 24.9 Å². The average molecular weight is 373 g/mol. The minimum absolute atomic E-state index is 0. The largest absolute Gasteiger partial charge is 0.492 e. The molecule has 0 aliphatic carbocycles. The molecule has 0 aromatic heterocycles. The summed E-state index contributed by atoms with van der Waals surface area (Å²) >= 11 is 0. The maximum atomic E-state index is 12.6. The zero-order valence-electron chi connectivity index (χ0n) is 14.9. The molecule has 0 bridgehead atoms. The van der Waals surface area contributed by atoms with E-state index in [0.717, 1.165) is 42.0 Å². The van der Waals surface area contributed by atoms with E-state index in [4.69, 9.17) is 4.74 Å². The van der Waals surface area contributed by atoms with Crippen LogP contribution in [0.25, 0.3) is 11.1 Å². The first-order chi connectivity index (χ1) is 12.2. The van der Waals surface area contributed by atoms with Crippen molar-refractivity contribution in [2.45, 2.75) is 19.4 Å². The number of hydrogen-bond acceptors (Lipinski definition) is 3. The molecule has 4 nitrogen and oxygen atoms in total. The Hall–Kier alpha value is -2.04. The summed E-state index contributed by atoms with van der Waals surface area (Å²) in [5.74, 6) is 1.55. The van der Waals surface area contributed by atoms with Gasteiger partial charge in [-0.3, -0.25) is 4.79 Å². The van der Waals surface area contributed by atoms with Gasteiger partial charge in [0.2, 0.25) is 5.91 Å². The van der Waals surface area contributed by atoms with E-state index in [1.165, 1.54) is 0 Å². The smallest absolute Gasteiger partial charge is 0.223 e. The number of ether oxygens (including phenoxy) is 1.